The van der Waals surface area contributed by atoms with E-state index in [1.165, 1.54) is 0 Å². The highest BCUT2D eigenvalue weighted by atomic mass is 19.1. The summed E-state index contributed by atoms with van der Waals surface area (Å²) >= 11 is 0. The Morgan fingerprint density at radius 1 is 0.909 bits per heavy atom. The molecule has 5 rings (SSSR count). The van der Waals surface area contributed by atoms with E-state index in [9.17, 15) is 18.4 Å². The fourth-order valence-corrected chi connectivity index (χ4v) is 5.50. The van der Waals surface area contributed by atoms with Gasteiger partial charge in [0.15, 0.2) is 17.3 Å². The first kappa shape index (κ1) is 21.9. The van der Waals surface area contributed by atoms with Crippen molar-refractivity contribution in [1.82, 2.24) is 4.90 Å². The van der Waals surface area contributed by atoms with E-state index in [4.69, 9.17) is 9.47 Å². The number of carbonyl (C=O) groups is 2. The number of hydrogen-bond acceptors (Lipinski definition) is 4. The Morgan fingerprint density at radius 3 is 2.33 bits per heavy atom. The van der Waals surface area contributed by atoms with Gasteiger partial charge in [-0.1, -0.05) is 18.9 Å². The Balaban J connectivity index is 1.32. The molecule has 0 spiro atoms. The van der Waals surface area contributed by atoms with Crippen molar-refractivity contribution in [2.45, 2.75) is 43.9 Å². The number of amides is 1. The zero-order chi connectivity index (χ0) is 23.0. The summed E-state index contributed by atoms with van der Waals surface area (Å²) in [6.07, 6.45) is 4.40. The summed E-state index contributed by atoms with van der Waals surface area (Å²) in [6.45, 7) is 1.87. The standard InChI is InChI=1S/C26H27F2NO4/c27-19-4-5-21(28)20(16-19)24(30)17-7-11-29(12-8-17)25(31)26(9-1-2-10-26)18-3-6-22-23(15-18)33-14-13-32-22/h3-6,15-17H,1-2,7-14H2. The first-order chi connectivity index (χ1) is 16.0. The number of rotatable bonds is 4. The molecular formula is C26H27F2NO4. The Bertz CT molecular complexity index is 1070. The molecule has 5 nitrogen and oxygen atoms in total. The first-order valence-electron chi connectivity index (χ1n) is 11.7. The van der Waals surface area contributed by atoms with E-state index in [2.05, 4.69) is 0 Å². The van der Waals surface area contributed by atoms with Crippen LogP contribution in [0.5, 0.6) is 11.5 Å². The smallest absolute Gasteiger partial charge is 0.233 e. The van der Waals surface area contributed by atoms with Crippen molar-refractivity contribution in [3.05, 3.63) is 59.2 Å². The molecule has 174 valence electrons. The number of piperidine rings is 1. The minimum absolute atomic E-state index is 0.0829. The fraction of sp³-hybridized carbons (Fsp3) is 0.462. The molecule has 1 aliphatic carbocycles. The molecule has 1 saturated carbocycles. The summed E-state index contributed by atoms with van der Waals surface area (Å²) in [6, 6.07) is 8.76. The van der Waals surface area contributed by atoms with Gasteiger partial charge in [0.25, 0.3) is 0 Å². The number of Topliss-reactive ketones (excluding diaryl/α,β-unsaturated/α-hetero) is 1. The van der Waals surface area contributed by atoms with Gasteiger partial charge in [-0.05, 0) is 61.6 Å². The molecule has 0 radical (unpaired) electrons. The molecule has 2 fully saturated rings. The van der Waals surface area contributed by atoms with Gasteiger partial charge in [0.1, 0.15) is 24.8 Å². The summed E-state index contributed by atoms with van der Waals surface area (Å²) in [5, 5.41) is 0. The lowest BCUT2D eigenvalue weighted by Gasteiger charge is -2.39. The van der Waals surface area contributed by atoms with Crippen LogP contribution in [-0.4, -0.2) is 42.9 Å². The van der Waals surface area contributed by atoms with E-state index in [1.807, 2.05) is 23.1 Å². The average Bonchev–Trinajstić information content (AvgIpc) is 3.36. The highest BCUT2D eigenvalue weighted by Crippen LogP contribution is 2.46. The summed E-state index contributed by atoms with van der Waals surface area (Å²) in [7, 11) is 0. The third-order valence-electron chi connectivity index (χ3n) is 7.31. The van der Waals surface area contributed by atoms with Gasteiger partial charge in [-0.25, -0.2) is 8.78 Å². The van der Waals surface area contributed by atoms with Crippen molar-refractivity contribution in [3.63, 3.8) is 0 Å². The third kappa shape index (κ3) is 3.98. The van der Waals surface area contributed by atoms with Gasteiger partial charge in [-0.3, -0.25) is 9.59 Å². The molecule has 0 unspecified atom stereocenters. The molecule has 7 heteroatoms. The zero-order valence-electron chi connectivity index (χ0n) is 18.4. The lowest BCUT2D eigenvalue weighted by Crippen LogP contribution is -2.49. The molecule has 0 bridgehead atoms. The molecule has 1 amide bonds. The molecular weight excluding hydrogens is 428 g/mol. The maximum absolute atomic E-state index is 14.1. The van der Waals surface area contributed by atoms with Crippen LogP contribution >= 0.6 is 0 Å². The third-order valence-corrected chi connectivity index (χ3v) is 7.31. The Labute approximate surface area is 191 Å². The van der Waals surface area contributed by atoms with Crippen molar-refractivity contribution in [2.24, 2.45) is 5.92 Å². The van der Waals surface area contributed by atoms with Crippen LogP contribution in [0.1, 0.15) is 54.4 Å². The van der Waals surface area contributed by atoms with Gasteiger partial charge in [0, 0.05) is 19.0 Å². The van der Waals surface area contributed by atoms with Crippen LogP contribution in [-0.2, 0) is 10.2 Å². The molecule has 1 saturated heterocycles. The quantitative estimate of drug-likeness (QED) is 0.629. The van der Waals surface area contributed by atoms with E-state index >= 15 is 0 Å². The van der Waals surface area contributed by atoms with Gasteiger partial charge >= 0.3 is 0 Å². The van der Waals surface area contributed by atoms with Crippen LogP contribution in [0.4, 0.5) is 8.78 Å². The van der Waals surface area contributed by atoms with Crippen LogP contribution < -0.4 is 9.47 Å². The number of hydrogen-bond donors (Lipinski definition) is 0. The minimum Gasteiger partial charge on any atom is -0.486 e. The second kappa shape index (κ2) is 8.76. The zero-order valence-corrected chi connectivity index (χ0v) is 18.4. The minimum atomic E-state index is -0.705. The van der Waals surface area contributed by atoms with Crippen molar-refractivity contribution in [3.8, 4) is 11.5 Å². The molecule has 2 aromatic rings. The second-order valence-electron chi connectivity index (χ2n) is 9.20. The van der Waals surface area contributed by atoms with Crippen molar-refractivity contribution in [2.75, 3.05) is 26.3 Å². The predicted molar refractivity (Wildman–Crippen MR) is 118 cm³/mol. The lowest BCUT2D eigenvalue weighted by atomic mass is 9.76. The Morgan fingerprint density at radius 2 is 1.61 bits per heavy atom. The molecule has 33 heavy (non-hydrogen) atoms. The number of ketones is 1. The van der Waals surface area contributed by atoms with Crippen LogP contribution in [0.15, 0.2) is 36.4 Å². The molecule has 0 atom stereocenters. The van der Waals surface area contributed by atoms with E-state index in [1.54, 1.807) is 0 Å². The molecule has 2 aliphatic heterocycles. The second-order valence-corrected chi connectivity index (χ2v) is 9.20. The molecule has 0 aromatic heterocycles. The predicted octanol–water partition coefficient (Wildman–Crippen LogP) is 4.67. The summed E-state index contributed by atoms with van der Waals surface area (Å²) in [4.78, 5) is 28.4. The maximum atomic E-state index is 14.1. The molecule has 2 heterocycles. The summed E-state index contributed by atoms with van der Waals surface area (Å²) < 4.78 is 39.0. The topological polar surface area (TPSA) is 55.8 Å². The van der Waals surface area contributed by atoms with E-state index in [-0.39, 0.29) is 17.3 Å². The largest absolute Gasteiger partial charge is 0.486 e. The fourth-order valence-electron chi connectivity index (χ4n) is 5.50. The maximum Gasteiger partial charge on any atom is 0.233 e. The van der Waals surface area contributed by atoms with Crippen LogP contribution in [0.3, 0.4) is 0 Å². The highest BCUT2D eigenvalue weighted by Gasteiger charge is 2.46. The number of ether oxygens (including phenoxy) is 2. The van der Waals surface area contributed by atoms with Gasteiger partial charge < -0.3 is 14.4 Å². The Hall–Kier alpha value is -2.96. The number of halogens is 2. The monoisotopic (exact) mass is 455 g/mol. The number of likely N-dealkylation sites (tertiary alicyclic amines) is 1. The summed E-state index contributed by atoms with van der Waals surface area (Å²) in [5.41, 5.74) is 0.152. The van der Waals surface area contributed by atoms with Gasteiger partial charge in [0.05, 0.1) is 11.0 Å². The van der Waals surface area contributed by atoms with Crippen molar-refractivity contribution >= 4 is 11.7 Å². The number of nitrogens with zero attached hydrogens (tertiary/aromatic N) is 1. The van der Waals surface area contributed by atoms with Gasteiger partial charge in [-0.2, -0.15) is 0 Å². The molecule has 0 N–H and O–H groups in total. The number of carbonyl (C=O) groups excluding carboxylic acids is 2. The SMILES string of the molecule is O=C(c1cc(F)ccc1F)C1CCN(C(=O)C2(c3ccc4c(c3)OCCO4)CCCC2)CC1. The van der Waals surface area contributed by atoms with Crippen LogP contribution in [0, 0.1) is 17.6 Å². The van der Waals surface area contributed by atoms with E-state index in [0.29, 0.717) is 50.6 Å². The van der Waals surface area contributed by atoms with E-state index < -0.39 is 23.0 Å². The molecule has 3 aliphatic rings. The number of benzene rings is 2. The highest BCUT2D eigenvalue weighted by molar-refractivity contribution is 5.98. The van der Waals surface area contributed by atoms with Gasteiger partial charge in [-0.15, -0.1) is 0 Å². The van der Waals surface area contributed by atoms with Crippen molar-refractivity contribution < 1.29 is 27.8 Å². The van der Waals surface area contributed by atoms with Crippen LogP contribution in [0.2, 0.25) is 0 Å². The molecule has 2 aromatic carbocycles. The normalized spacial score (nSPS) is 20.0. The van der Waals surface area contributed by atoms with Gasteiger partial charge in [0.2, 0.25) is 5.91 Å². The summed E-state index contributed by atoms with van der Waals surface area (Å²) in [5.74, 6) is -0.674. The van der Waals surface area contributed by atoms with Crippen molar-refractivity contribution in [1.29, 1.82) is 0 Å². The lowest BCUT2D eigenvalue weighted by molar-refractivity contribution is -0.138. The Kier molecular flexibility index (Phi) is 5.81. The average molecular weight is 456 g/mol. The first-order valence-corrected chi connectivity index (χ1v) is 11.7. The number of fused-ring (bicyclic) bond motifs is 1. The van der Waals surface area contributed by atoms with E-state index in [0.717, 1.165) is 49.4 Å². The van der Waals surface area contributed by atoms with Crippen LogP contribution in [0.25, 0.3) is 0 Å².